The van der Waals surface area contributed by atoms with E-state index in [4.69, 9.17) is 4.74 Å². The summed E-state index contributed by atoms with van der Waals surface area (Å²) >= 11 is 0. The zero-order chi connectivity index (χ0) is 16.8. The highest BCUT2D eigenvalue weighted by Crippen LogP contribution is 2.10. The molecular weight excluding hydrogens is 306 g/mol. The maximum absolute atomic E-state index is 12.2. The summed E-state index contributed by atoms with van der Waals surface area (Å²) in [4.78, 5) is 17.8. The van der Waals surface area contributed by atoms with E-state index in [2.05, 4.69) is 20.5 Å². The van der Waals surface area contributed by atoms with Gasteiger partial charge in [-0.05, 0) is 24.6 Å². The number of anilines is 1. The second kappa shape index (κ2) is 7.47. The third kappa shape index (κ3) is 4.02. The molecule has 1 aromatic carbocycles. The van der Waals surface area contributed by atoms with E-state index >= 15 is 0 Å². The molecule has 1 N–H and O–H groups in total. The molecule has 0 bridgehead atoms. The molecule has 0 unspecified atom stereocenters. The molecule has 0 radical (unpaired) electrons. The van der Waals surface area contributed by atoms with Crippen LogP contribution < -0.4 is 5.32 Å². The van der Waals surface area contributed by atoms with Crippen LogP contribution in [-0.2, 0) is 16.1 Å². The van der Waals surface area contributed by atoms with Gasteiger partial charge in [0, 0.05) is 0 Å². The lowest BCUT2D eigenvalue weighted by molar-refractivity contribution is -0.127. The summed E-state index contributed by atoms with van der Waals surface area (Å²) in [5.41, 5.74) is 1.61. The number of carbonyl (C=O) groups is 1. The number of ether oxygens (including phenoxy) is 1. The van der Waals surface area contributed by atoms with Crippen LogP contribution in [0.1, 0.15) is 12.5 Å². The second-order valence-corrected chi connectivity index (χ2v) is 5.15. The average Bonchev–Trinajstić information content (AvgIpc) is 3.16. The monoisotopic (exact) mass is 323 g/mol. The van der Waals surface area contributed by atoms with Crippen LogP contribution in [-0.4, -0.2) is 32.0 Å². The Bertz CT molecular complexity index is 773. The molecule has 7 heteroatoms. The first-order valence-electron chi connectivity index (χ1n) is 7.51. The third-order valence-electron chi connectivity index (χ3n) is 3.35. The maximum atomic E-state index is 12.2. The number of amides is 1. The lowest BCUT2D eigenvalue weighted by atomic mass is 10.2. The Balaban J connectivity index is 1.54. The first-order chi connectivity index (χ1) is 11.7. The van der Waals surface area contributed by atoms with E-state index in [1.165, 1.54) is 4.80 Å². The van der Waals surface area contributed by atoms with Crippen LogP contribution in [0.3, 0.4) is 0 Å². The van der Waals surface area contributed by atoms with E-state index in [0.29, 0.717) is 18.1 Å². The fourth-order valence-corrected chi connectivity index (χ4v) is 2.03. The highest BCUT2D eigenvalue weighted by atomic mass is 16.5. The average molecular weight is 323 g/mol. The van der Waals surface area contributed by atoms with E-state index < -0.39 is 6.10 Å². The molecule has 7 nitrogen and oxygen atoms in total. The summed E-state index contributed by atoms with van der Waals surface area (Å²) in [6.07, 6.45) is 4.13. The smallest absolute Gasteiger partial charge is 0.253 e. The molecule has 0 saturated carbocycles. The van der Waals surface area contributed by atoms with E-state index in [9.17, 15) is 4.79 Å². The van der Waals surface area contributed by atoms with Gasteiger partial charge < -0.3 is 10.1 Å². The molecule has 3 aromatic rings. The molecule has 2 aromatic heterocycles. The van der Waals surface area contributed by atoms with Crippen LogP contribution in [0.4, 0.5) is 5.69 Å². The molecule has 0 saturated heterocycles. The lowest BCUT2D eigenvalue weighted by Crippen LogP contribution is -2.27. The minimum Gasteiger partial charge on any atom is -0.364 e. The SMILES string of the molecule is C[C@@H](OCc1ccccc1)C(=O)Nc1ccc(-n2nccn2)nc1. The number of aromatic nitrogens is 4. The van der Waals surface area contributed by atoms with Crippen molar-refractivity contribution in [3.05, 3.63) is 66.6 Å². The Hall–Kier alpha value is -3.06. The maximum Gasteiger partial charge on any atom is 0.253 e. The van der Waals surface area contributed by atoms with Crippen molar-refractivity contribution in [1.82, 2.24) is 20.0 Å². The summed E-state index contributed by atoms with van der Waals surface area (Å²) in [5, 5.41) is 10.8. The molecule has 3 rings (SSSR count). The molecule has 0 spiro atoms. The molecule has 2 heterocycles. The van der Waals surface area contributed by atoms with Crippen LogP contribution >= 0.6 is 0 Å². The normalized spacial score (nSPS) is 11.9. The summed E-state index contributed by atoms with van der Waals surface area (Å²) in [7, 11) is 0. The van der Waals surface area contributed by atoms with E-state index in [-0.39, 0.29) is 5.91 Å². The van der Waals surface area contributed by atoms with Gasteiger partial charge in [0.25, 0.3) is 5.91 Å². The Labute approximate surface area is 139 Å². The Morgan fingerprint density at radius 3 is 2.58 bits per heavy atom. The van der Waals surface area contributed by atoms with Gasteiger partial charge in [0.05, 0.1) is 30.9 Å². The van der Waals surface area contributed by atoms with Crippen LogP contribution in [0.15, 0.2) is 61.1 Å². The number of carbonyl (C=O) groups excluding carboxylic acids is 1. The van der Waals surface area contributed by atoms with Gasteiger partial charge in [0.2, 0.25) is 0 Å². The van der Waals surface area contributed by atoms with Gasteiger partial charge >= 0.3 is 0 Å². The Morgan fingerprint density at radius 1 is 1.17 bits per heavy atom. The number of benzene rings is 1. The largest absolute Gasteiger partial charge is 0.364 e. The van der Waals surface area contributed by atoms with E-state index in [1.54, 1.807) is 37.6 Å². The molecule has 0 aliphatic rings. The predicted octanol–water partition coefficient (Wildman–Crippen LogP) is 2.21. The van der Waals surface area contributed by atoms with E-state index in [1.807, 2.05) is 30.3 Å². The zero-order valence-corrected chi connectivity index (χ0v) is 13.2. The van der Waals surface area contributed by atoms with Crippen molar-refractivity contribution in [3.63, 3.8) is 0 Å². The van der Waals surface area contributed by atoms with E-state index in [0.717, 1.165) is 5.56 Å². The fraction of sp³-hybridized carbons (Fsp3) is 0.176. The molecule has 122 valence electrons. The van der Waals surface area contributed by atoms with Gasteiger partial charge in [0.15, 0.2) is 5.82 Å². The molecular formula is C17H17N5O2. The van der Waals surface area contributed by atoms with Crippen molar-refractivity contribution in [2.45, 2.75) is 19.6 Å². The number of nitrogens with one attached hydrogen (secondary N) is 1. The molecule has 0 fully saturated rings. The van der Waals surface area contributed by atoms with Gasteiger partial charge in [-0.1, -0.05) is 30.3 Å². The topological polar surface area (TPSA) is 81.9 Å². The number of pyridine rings is 1. The quantitative estimate of drug-likeness (QED) is 0.752. The summed E-state index contributed by atoms with van der Waals surface area (Å²) in [6, 6.07) is 13.2. The highest BCUT2D eigenvalue weighted by molar-refractivity contribution is 5.93. The lowest BCUT2D eigenvalue weighted by Gasteiger charge is -2.13. The zero-order valence-electron chi connectivity index (χ0n) is 13.2. The Kier molecular flexibility index (Phi) is 4.93. The van der Waals surface area contributed by atoms with Crippen molar-refractivity contribution in [2.75, 3.05) is 5.32 Å². The first-order valence-corrected chi connectivity index (χ1v) is 7.51. The van der Waals surface area contributed by atoms with Gasteiger partial charge in [-0.3, -0.25) is 4.79 Å². The van der Waals surface area contributed by atoms with Gasteiger partial charge in [-0.2, -0.15) is 10.2 Å². The summed E-state index contributed by atoms with van der Waals surface area (Å²) in [6.45, 7) is 2.10. The van der Waals surface area contributed by atoms with Gasteiger partial charge in [-0.25, -0.2) is 4.98 Å². The minimum atomic E-state index is -0.572. The van der Waals surface area contributed by atoms with Gasteiger partial charge in [-0.15, -0.1) is 4.80 Å². The molecule has 1 amide bonds. The first kappa shape index (κ1) is 15.8. The standard InChI is InChI=1S/C17H17N5O2/c1-13(24-12-14-5-3-2-4-6-14)17(23)21-15-7-8-16(18-11-15)22-19-9-10-20-22/h2-11,13H,12H2,1H3,(H,21,23)/t13-/m1/s1. The van der Waals surface area contributed by atoms with Gasteiger partial charge in [0.1, 0.15) is 6.10 Å². The minimum absolute atomic E-state index is 0.224. The molecule has 24 heavy (non-hydrogen) atoms. The molecule has 0 aliphatic carbocycles. The van der Waals surface area contributed by atoms with Crippen molar-refractivity contribution in [3.8, 4) is 5.82 Å². The fourth-order valence-electron chi connectivity index (χ4n) is 2.03. The van der Waals surface area contributed by atoms with Crippen LogP contribution in [0, 0.1) is 0 Å². The Morgan fingerprint density at radius 2 is 1.92 bits per heavy atom. The number of hydrogen-bond acceptors (Lipinski definition) is 5. The summed E-state index contributed by atoms with van der Waals surface area (Å²) in [5.74, 6) is 0.351. The van der Waals surface area contributed by atoms with Crippen molar-refractivity contribution < 1.29 is 9.53 Å². The number of rotatable bonds is 6. The third-order valence-corrected chi connectivity index (χ3v) is 3.35. The van der Waals surface area contributed by atoms with Crippen molar-refractivity contribution in [2.24, 2.45) is 0 Å². The van der Waals surface area contributed by atoms with Crippen LogP contribution in [0.2, 0.25) is 0 Å². The van der Waals surface area contributed by atoms with Crippen molar-refractivity contribution in [1.29, 1.82) is 0 Å². The number of nitrogens with zero attached hydrogens (tertiary/aromatic N) is 4. The molecule has 1 atom stereocenters. The predicted molar refractivity (Wildman–Crippen MR) is 88.5 cm³/mol. The van der Waals surface area contributed by atoms with Crippen LogP contribution in [0.25, 0.3) is 5.82 Å². The summed E-state index contributed by atoms with van der Waals surface area (Å²) < 4.78 is 5.59. The number of hydrogen-bond donors (Lipinski definition) is 1. The highest BCUT2D eigenvalue weighted by Gasteiger charge is 2.14. The molecule has 0 aliphatic heterocycles. The van der Waals surface area contributed by atoms with Crippen molar-refractivity contribution >= 4 is 11.6 Å². The second-order valence-electron chi connectivity index (χ2n) is 5.15. The van der Waals surface area contributed by atoms with Crippen LogP contribution in [0.5, 0.6) is 0 Å².